The van der Waals surface area contributed by atoms with E-state index in [1.165, 1.54) is 88.0 Å². The summed E-state index contributed by atoms with van der Waals surface area (Å²) >= 11 is 0. The summed E-state index contributed by atoms with van der Waals surface area (Å²) in [5.41, 5.74) is 17.5. The van der Waals surface area contributed by atoms with E-state index in [0.29, 0.717) is 5.82 Å². The molecule has 0 N–H and O–H groups in total. The van der Waals surface area contributed by atoms with Crippen LogP contribution in [0.2, 0.25) is 0 Å². The van der Waals surface area contributed by atoms with Gasteiger partial charge in [0, 0.05) is 16.7 Å². The van der Waals surface area contributed by atoms with E-state index in [2.05, 4.69) is 200 Å². The van der Waals surface area contributed by atoms with Gasteiger partial charge in [-0.3, -0.25) is 0 Å². The predicted molar refractivity (Wildman–Crippen MR) is 253 cm³/mol. The maximum atomic E-state index is 5.21. The molecule has 11 aromatic rings. The van der Waals surface area contributed by atoms with E-state index in [1.54, 1.807) is 0 Å². The van der Waals surface area contributed by atoms with Crippen molar-refractivity contribution in [1.82, 2.24) is 9.97 Å². The number of benzene rings is 10. The Morgan fingerprint density at radius 1 is 0.295 bits per heavy atom. The van der Waals surface area contributed by atoms with E-state index in [4.69, 9.17) is 9.97 Å². The fraction of sp³-hybridized carbons (Fsp3) is 0.0169. The quantitative estimate of drug-likeness (QED) is 0.178. The third-order valence-corrected chi connectivity index (χ3v) is 13.3. The Morgan fingerprint density at radius 3 is 1.61 bits per heavy atom. The van der Waals surface area contributed by atoms with Crippen LogP contribution in [0.15, 0.2) is 218 Å². The van der Waals surface area contributed by atoms with Crippen molar-refractivity contribution in [3.63, 3.8) is 0 Å². The molecular formula is C59H36N2. The average Bonchev–Trinajstić information content (AvgIpc) is 3.81. The average molecular weight is 773 g/mol. The maximum Gasteiger partial charge on any atom is 0.160 e. The molecule has 0 bridgehead atoms. The van der Waals surface area contributed by atoms with Crippen molar-refractivity contribution in [2.45, 2.75) is 5.41 Å². The minimum absolute atomic E-state index is 0.482. The second-order valence-corrected chi connectivity index (χ2v) is 16.4. The zero-order valence-corrected chi connectivity index (χ0v) is 33.2. The Hall–Kier alpha value is -7.94. The van der Waals surface area contributed by atoms with Gasteiger partial charge in [-0.25, -0.2) is 9.97 Å². The van der Waals surface area contributed by atoms with Gasteiger partial charge in [0.1, 0.15) is 0 Å². The number of hydrogen-bond acceptors (Lipinski definition) is 2. The van der Waals surface area contributed by atoms with Gasteiger partial charge >= 0.3 is 0 Å². The third kappa shape index (κ3) is 4.85. The molecule has 0 saturated heterocycles. The summed E-state index contributed by atoms with van der Waals surface area (Å²) in [6.07, 6.45) is 0. The molecule has 13 rings (SSSR count). The van der Waals surface area contributed by atoms with Crippen LogP contribution in [0.25, 0.3) is 99.6 Å². The molecule has 0 fully saturated rings. The van der Waals surface area contributed by atoms with E-state index in [9.17, 15) is 0 Å². The van der Waals surface area contributed by atoms with E-state index in [0.717, 1.165) is 28.1 Å². The molecule has 2 heteroatoms. The highest BCUT2D eigenvalue weighted by atomic mass is 14.9. The van der Waals surface area contributed by atoms with Crippen molar-refractivity contribution in [2.75, 3.05) is 0 Å². The van der Waals surface area contributed by atoms with Gasteiger partial charge in [0.15, 0.2) is 5.82 Å². The van der Waals surface area contributed by atoms with E-state index in [-0.39, 0.29) is 0 Å². The lowest BCUT2D eigenvalue weighted by molar-refractivity contribution is 0.802. The molecular weight excluding hydrogens is 737 g/mol. The van der Waals surface area contributed by atoms with Gasteiger partial charge < -0.3 is 0 Å². The van der Waals surface area contributed by atoms with Crippen molar-refractivity contribution < 1.29 is 0 Å². The summed E-state index contributed by atoms with van der Waals surface area (Å²) in [5.74, 6) is 0.712. The van der Waals surface area contributed by atoms with Crippen LogP contribution in [0.4, 0.5) is 0 Å². The lowest BCUT2D eigenvalue weighted by Crippen LogP contribution is -2.26. The standard InChI is InChI=1S/C59H36N2/c1-2-17-41(18-3-1)58-60-54(36-55(61-58)47-26-14-19-37-15-4-6-20-42(37)47)40-31-29-39(30-32-40)50-35-53-56(48-25-9-8-22-44(48)50)49-34-33-38-16-5-7-21-43(38)57(49)59(53)51-27-12-10-23-45(51)46-24-11-13-28-52(46)59/h1-36H. The summed E-state index contributed by atoms with van der Waals surface area (Å²) in [6, 6.07) is 79.8. The van der Waals surface area contributed by atoms with Gasteiger partial charge in [-0.1, -0.05) is 206 Å². The maximum absolute atomic E-state index is 5.21. The molecule has 282 valence electrons. The first-order valence-corrected chi connectivity index (χ1v) is 21.1. The number of aromatic nitrogens is 2. The molecule has 10 aromatic carbocycles. The number of fused-ring (bicyclic) bond motifs is 15. The zero-order valence-electron chi connectivity index (χ0n) is 33.2. The van der Waals surface area contributed by atoms with Crippen LogP contribution in [-0.2, 0) is 5.41 Å². The molecule has 0 aliphatic heterocycles. The van der Waals surface area contributed by atoms with Crippen molar-refractivity contribution in [3.8, 4) is 67.3 Å². The summed E-state index contributed by atoms with van der Waals surface area (Å²) in [6.45, 7) is 0. The fourth-order valence-corrected chi connectivity index (χ4v) is 10.7. The van der Waals surface area contributed by atoms with Crippen molar-refractivity contribution in [2.24, 2.45) is 0 Å². The second kappa shape index (κ2) is 13.0. The molecule has 2 aliphatic rings. The summed E-state index contributed by atoms with van der Waals surface area (Å²) < 4.78 is 0. The normalized spacial score (nSPS) is 13.0. The highest BCUT2D eigenvalue weighted by Gasteiger charge is 2.53. The predicted octanol–water partition coefficient (Wildman–Crippen LogP) is 14.9. The Morgan fingerprint density at radius 2 is 0.852 bits per heavy atom. The fourth-order valence-electron chi connectivity index (χ4n) is 10.7. The van der Waals surface area contributed by atoms with Crippen LogP contribution in [-0.4, -0.2) is 9.97 Å². The van der Waals surface area contributed by atoms with Crippen LogP contribution >= 0.6 is 0 Å². The first-order valence-electron chi connectivity index (χ1n) is 21.1. The minimum atomic E-state index is -0.482. The van der Waals surface area contributed by atoms with Gasteiger partial charge in [-0.15, -0.1) is 0 Å². The van der Waals surface area contributed by atoms with Crippen LogP contribution in [0.1, 0.15) is 22.3 Å². The van der Waals surface area contributed by atoms with Crippen LogP contribution in [0, 0.1) is 0 Å². The van der Waals surface area contributed by atoms with Gasteiger partial charge in [0.25, 0.3) is 0 Å². The largest absolute Gasteiger partial charge is 0.228 e. The monoisotopic (exact) mass is 772 g/mol. The highest BCUT2D eigenvalue weighted by Crippen LogP contribution is 2.65. The lowest BCUT2D eigenvalue weighted by Gasteiger charge is -2.32. The molecule has 61 heavy (non-hydrogen) atoms. The highest BCUT2D eigenvalue weighted by molar-refractivity contribution is 6.14. The topological polar surface area (TPSA) is 25.8 Å². The first kappa shape index (κ1) is 34.0. The SMILES string of the molecule is c1ccc(-c2nc(-c3ccc(-c4cc5c(c6ccccc46)-c4ccc6ccccc6c4C54c5ccccc5-c5ccccc54)cc3)cc(-c3cccc4ccccc34)n2)cc1. The van der Waals surface area contributed by atoms with Crippen LogP contribution in [0.5, 0.6) is 0 Å². The van der Waals surface area contributed by atoms with Gasteiger partial charge in [-0.2, -0.15) is 0 Å². The van der Waals surface area contributed by atoms with E-state index in [1.807, 2.05) is 18.2 Å². The van der Waals surface area contributed by atoms with Crippen molar-refractivity contribution in [1.29, 1.82) is 0 Å². The van der Waals surface area contributed by atoms with E-state index >= 15 is 0 Å². The van der Waals surface area contributed by atoms with Crippen LogP contribution < -0.4 is 0 Å². The summed E-state index contributed by atoms with van der Waals surface area (Å²) in [7, 11) is 0. The minimum Gasteiger partial charge on any atom is -0.228 e. The Balaban J connectivity index is 1.03. The lowest BCUT2D eigenvalue weighted by atomic mass is 9.69. The molecule has 2 aliphatic carbocycles. The summed E-state index contributed by atoms with van der Waals surface area (Å²) in [4.78, 5) is 10.4. The zero-order chi connectivity index (χ0) is 40.1. The molecule has 1 aromatic heterocycles. The Bertz CT molecular complexity index is 3530. The number of rotatable bonds is 4. The van der Waals surface area contributed by atoms with Crippen molar-refractivity contribution in [3.05, 3.63) is 241 Å². The molecule has 1 heterocycles. The Labute approximate surface area is 354 Å². The molecule has 0 unspecified atom stereocenters. The summed E-state index contributed by atoms with van der Waals surface area (Å²) in [5, 5.41) is 7.45. The first-order chi connectivity index (χ1) is 30.3. The molecule has 2 nitrogen and oxygen atoms in total. The number of nitrogens with zero attached hydrogens (tertiary/aromatic N) is 2. The molecule has 0 atom stereocenters. The molecule has 1 spiro atoms. The van der Waals surface area contributed by atoms with Crippen molar-refractivity contribution >= 4 is 32.3 Å². The van der Waals surface area contributed by atoms with Gasteiger partial charge in [0.2, 0.25) is 0 Å². The Kier molecular flexibility index (Phi) is 7.26. The smallest absolute Gasteiger partial charge is 0.160 e. The molecule has 0 amide bonds. The third-order valence-electron chi connectivity index (χ3n) is 13.3. The molecule has 0 radical (unpaired) electrons. The van der Waals surface area contributed by atoms with E-state index < -0.39 is 5.41 Å². The van der Waals surface area contributed by atoms with Gasteiger partial charge in [-0.05, 0) is 100 Å². The van der Waals surface area contributed by atoms with Crippen LogP contribution in [0.3, 0.4) is 0 Å². The second-order valence-electron chi connectivity index (χ2n) is 16.4. The number of hydrogen-bond donors (Lipinski definition) is 0. The molecule has 0 saturated carbocycles. The van der Waals surface area contributed by atoms with Gasteiger partial charge in [0.05, 0.1) is 16.8 Å².